The number of nitrogens with zero attached hydrogens (tertiary/aromatic N) is 2. The maximum absolute atomic E-state index is 13.5. The van der Waals surface area contributed by atoms with E-state index >= 15 is 0 Å². The van der Waals surface area contributed by atoms with Crippen LogP contribution in [0.1, 0.15) is 46.3 Å². The summed E-state index contributed by atoms with van der Waals surface area (Å²) in [6.45, 7) is 2.50. The number of hydrogen-bond donors (Lipinski definition) is 0. The molecule has 0 spiro atoms. The van der Waals surface area contributed by atoms with Gasteiger partial charge in [-0.2, -0.15) is 13.2 Å². The van der Waals surface area contributed by atoms with Crippen LogP contribution in [0.25, 0.3) is 22.2 Å². The molecule has 1 aliphatic rings. The molecule has 0 unspecified atom stereocenters. The van der Waals surface area contributed by atoms with Crippen molar-refractivity contribution in [2.24, 2.45) is 0 Å². The summed E-state index contributed by atoms with van der Waals surface area (Å²) in [5, 5.41) is 0. The highest BCUT2D eigenvalue weighted by atomic mass is 19.4. The molecular weight excluding hydrogens is 429 g/mol. The second kappa shape index (κ2) is 8.06. The average Bonchev–Trinajstić information content (AvgIpc) is 3.45. The third kappa shape index (κ3) is 3.88. The summed E-state index contributed by atoms with van der Waals surface area (Å²) < 4.78 is 46.4. The van der Waals surface area contributed by atoms with Crippen LogP contribution in [-0.2, 0) is 6.18 Å². The molecule has 3 aromatic carbocycles. The van der Waals surface area contributed by atoms with Crippen molar-refractivity contribution in [2.75, 3.05) is 6.54 Å². The van der Waals surface area contributed by atoms with Crippen LogP contribution in [0.2, 0.25) is 0 Å². The van der Waals surface area contributed by atoms with E-state index in [-0.39, 0.29) is 17.5 Å². The predicted molar refractivity (Wildman–Crippen MR) is 119 cm³/mol. The van der Waals surface area contributed by atoms with Crippen LogP contribution in [0.3, 0.4) is 0 Å². The lowest BCUT2D eigenvalue weighted by Gasteiger charge is -2.23. The standard InChI is InChI=1S/C26H21F3N2O2/c1-16-7-2-3-8-18(16)25(32)31-14-6-11-22(31)24-30-21-15-17(12-13-23(21)33-24)19-9-4-5-10-20(19)26(27,28)29/h2-5,7-10,12-13,15,22H,6,11,14H2,1H3/t22-/m1/s1. The summed E-state index contributed by atoms with van der Waals surface area (Å²) >= 11 is 0. The second-order valence-electron chi connectivity index (χ2n) is 8.25. The molecule has 1 amide bonds. The molecule has 5 rings (SSSR count). The maximum Gasteiger partial charge on any atom is 0.417 e. The summed E-state index contributed by atoms with van der Waals surface area (Å²) in [5.41, 5.74) is 2.30. The number of amides is 1. The fourth-order valence-electron chi connectivity index (χ4n) is 4.47. The van der Waals surface area contributed by atoms with Gasteiger partial charge < -0.3 is 9.32 Å². The van der Waals surface area contributed by atoms with Gasteiger partial charge in [0.25, 0.3) is 5.91 Å². The van der Waals surface area contributed by atoms with E-state index in [0.717, 1.165) is 18.1 Å². The number of oxazole rings is 1. The lowest BCUT2D eigenvalue weighted by molar-refractivity contribution is -0.137. The van der Waals surface area contributed by atoms with E-state index < -0.39 is 11.7 Å². The number of aromatic nitrogens is 1. The first-order chi connectivity index (χ1) is 15.8. The highest BCUT2D eigenvalue weighted by molar-refractivity contribution is 5.96. The van der Waals surface area contributed by atoms with Crippen molar-refractivity contribution in [3.8, 4) is 11.1 Å². The zero-order valence-corrected chi connectivity index (χ0v) is 17.9. The van der Waals surface area contributed by atoms with E-state index in [0.29, 0.717) is 41.1 Å². The minimum Gasteiger partial charge on any atom is -0.438 e. The van der Waals surface area contributed by atoms with Crippen molar-refractivity contribution >= 4 is 17.0 Å². The van der Waals surface area contributed by atoms with E-state index in [2.05, 4.69) is 4.98 Å². The highest BCUT2D eigenvalue weighted by Gasteiger charge is 2.35. The SMILES string of the molecule is Cc1ccccc1C(=O)N1CCC[C@@H]1c1nc2cc(-c3ccccc3C(F)(F)F)ccc2o1. The monoisotopic (exact) mass is 450 g/mol. The van der Waals surface area contributed by atoms with Gasteiger partial charge >= 0.3 is 6.18 Å². The van der Waals surface area contributed by atoms with Gasteiger partial charge in [0.15, 0.2) is 5.58 Å². The number of benzene rings is 3. The Labute approximate surface area is 188 Å². The van der Waals surface area contributed by atoms with Gasteiger partial charge in [-0.25, -0.2) is 4.98 Å². The van der Waals surface area contributed by atoms with Gasteiger partial charge in [-0.1, -0.05) is 42.5 Å². The Bertz CT molecular complexity index is 1340. The number of likely N-dealkylation sites (tertiary alicyclic amines) is 1. The van der Waals surface area contributed by atoms with Gasteiger partial charge in [0.05, 0.1) is 5.56 Å². The minimum atomic E-state index is -4.46. The van der Waals surface area contributed by atoms with Gasteiger partial charge in [0, 0.05) is 12.1 Å². The van der Waals surface area contributed by atoms with Gasteiger partial charge in [0.1, 0.15) is 11.6 Å². The molecule has 1 saturated heterocycles. The van der Waals surface area contributed by atoms with E-state index in [1.807, 2.05) is 31.2 Å². The Morgan fingerprint density at radius 3 is 2.61 bits per heavy atom. The van der Waals surface area contributed by atoms with Crippen LogP contribution in [0.5, 0.6) is 0 Å². The number of rotatable bonds is 3. The summed E-state index contributed by atoms with van der Waals surface area (Å²) in [5.74, 6) is 0.336. The van der Waals surface area contributed by atoms with Gasteiger partial charge in [0.2, 0.25) is 5.89 Å². The first-order valence-electron chi connectivity index (χ1n) is 10.8. The normalized spacial score (nSPS) is 16.5. The molecule has 1 aliphatic heterocycles. The van der Waals surface area contributed by atoms with Gasteiger partial charge in [-0.15, -0.1) is 0 Å². The van der Waals surface area contributed by atoms with Crippen LogP contribution in [-0.4, -0.2) is 22.3 Å². The van der Waals surface area contributed by atoms with E-state index in [1.165, 1.54) is 12.1 Å². The Hall–Kier alpha value is -3.61. The number of fused-ring (bicyclic) bond motifs is 1. The Morgan fingerprint density at radius 2 is 1.82 bits per heavy atom. The van der Waals surface area contributed by atoms with Crippen molar-refractivity contribution in [3.63, 3.8) is 0 Å². The molecule has 0 N–H and O–H groups in total. The topological polar surface area (TPSA) is 46.3 Å². The molecule has 7 heteroatoms. The zero-order chi connectivity index (χ0) is 23.2. The lowest BCUT2D eigenvalue weighted by atomic mass is 9.99. The molecule has 1 aromatic heterocycles. The third-order valence-corrected chi connectivity index (χ3v) is 6.12. The first-order valence-corrected chi connectivity index (χ1v) is 10.8. The predicted octanol–water partition coefficient (Wildman–Crippen LogP) is 6.80. The smallest absolute Gasteiger partial charge is 0.417 e. The van der Waals surface area contributed by atoms with Crippen LogP contribution < -0.4 is 0 Å². The number of carbonyl (C=O) groups is 1. The van der Waals surface area contributed by atoms with E-state index in [1.54, 1.807) is 29.2 Å². The molecule has 1 fully saturated rings. The summed E-state index contributed by atoms with van der Waals surface area (Å²) in [7, 11) is 0. The van der Waals surface area contributed by atoms with E-state index in [4.69, 9.17) is 4.42 Å². The Kier molecular flexibility index (Phi) is 5.19. The summed E-state index contributed by atoms with van der Waals surface area (Å²) in [6.07, 6.45) is -2.92. The van der Waals surface area contributed by atoms with Crippen molar-refractivity contribution in [1.29, 1.82) is 0 Å². The zero-order valence-electron chi connectivity index (χ0n) is 17.9. The molecule has 0 aliphatic carbocycles. The van der Waals surface area contributed by atoms with Crippen molar-refractivity contribution < 1.29 is 22.4 Å². The fourth-order valence-corrected chi connectivity index (χ4v) is 4.47. The number of halogens is 3. The molecule has 0 radical (unpaired) electrons. The van der Waals surface area contributed by atoms with Crippen LogP contribution in [0.15, 0.2) is 71.1 Å². The maximum atomic E-state index is 13.5. The van der Waals surface area contributed by atoms with Gasteiger partial charge in [-0.05, 0) is 60.7 Å². The summed E-state index contributed by atoms with van der Waals surface area (Å²) in [6, 6.07) is 17.5. The van der Waals surface area contributed by atoms with Crippen LogP contribution in [0, 0.1) is 6.92 Å². The fraction of sp³-hybridized carbons (Fsp3) is 0.231. The van der Waals surface area contributed by atoms with E-state index in [9.17, 15) is 18.0 Å². The average molecular weight is 450 g/mol. The van der Waals surface area contributed by atoms with Crippen molar-refractivity contribution in [3.05, 3.63) is 89.3 Å². The van der Waals surface area contributed by atoms with Crippen LogP contribution >= 0.6 is 0 Å². The number of alkyl halides is 3. The Morgan fingerprint density at radius 1 is 1.06 bits per heavy atom. The Balaban J connectivity index is 1.50. The molecule has 4 aromatic rings. The molecule has 1 atom stereocenters. The first kappa shape index (κ1) is 21.2. The largest absolute Gasteiger partial charge is 0.438 e. The molecule has 2 heterocycles. The molecule has 4 nitrogen and oxygen atoms in total. The van der Waals surface area contributed by atoms with Crippen molar-refractivity contribution in [1.82, 2.24) is 9.88 Å². The van der Waals surface area contributed by atoms with Gasteiger partial charge in [-0.3, -0.25) is 4.79 Å². The molecular formula is C26H21F3N2O2. The lowest BCUT2D eigenvalue weighted by Crippen LogP contribution is -2.31. The molecule has 0 bridgehead atoms. The third-order valence-electron chi connectivity index (χ3n) is 6.12. The molecule has 168 valence electrons. The van der Waals surface area contributed by atoms with Crippen molar-refractivity contribution in [2.45, 2.75) is 32.0 Å². The van der Waals surface area contributed by atoms with Crippen LogP contribution in [0.4, 0.5) is 13.2 Å². The quantitative estimate of drug-likeness (QED) is 0.345. The number of hydrogen-bond acceptors (Lipinski definition) is 3. The highest BCUT2D eigenvalue weighted by Crippen LogP contribution is 2.39. The molecule has 0 saturated carbocycles. The number of carbonyl (C=O) groups excluding carboxylic acids is 1. The minimum absolute atomic E-state index is 0.0716. The number of aryl methyl sites for hydroxylation is 1. The molecule has 33 heavy (non-hydrogen) atoms. The second-order valence-corrected chi connectivity index (χ2v) is 8.25. The summed E-state index contributed by atoms with van der Waals surface area (Å²) in [4.78, 5) is 19.5.